The highest BCUT2D eigenvalue weighted by Crippen LogP contribution is 2.32. The lowest BCUT2D eigenvalue weighted by Crippen LogP contribution is -2.40. The van der Waals surface area contributed by atoms with E-state index in [4.69, 9.17) is 9.47 Å². The van der Waals surface area contributed by atoms with Gasteiger partial charge in [0, 0.05) is 58.2 Å². The first-order valence-corrected chi connectivity index (χ1v) is 28.5. The summed E-state index contributed by atoms with van der Waals surface area (Å²) < 4.78 is 57.1. The minimum absolute atomic E-state index is 0.161. The van der Waals surface area contributed by atoms with E-state index in [1.165, 1.54) is 23.1 Å². The number of carbonyl (C=O) groups excluding carboxylic acids is 2. The number of benzene rings is 1. The normalized spacial score (nSPS) is 12.8. The van der Waals surface area contributed by atoms with E-state index in [-0.39, 0.29) is 35.4 Å². The van der Waals surface area contributed by atoms with Gasteiger partial charge in [-0.25, -0.2) is 24.6 Å². The third-order valence-electron chi connectivity index (χ3n) is 9.12. The Morgan fingerprint density at radius 1 is 0.726 bits per heavy atom. The average Bonchev–Trinajstić information content (AvgIpc) is 3.82. The summed E-state index contributed by atoms with van der Waals surface area (Å²) in [6.07, 6.45) is 3.45. The smallest absolute Gasteiger partial charge is 0.361 e. The molecule has 2 N–H and O–H groups in total. The summed E-state index contributed by atoms with van der Waals surface area (Å²) >= 11 is 3.33. The second-order valence-corrected chi connectivity index (χ2v) is 31.8. The summed E-state index contributed by atoms with van der Waals surface area (Å²) in [6.45, 7) is 27.1. The molecule has 6 aromatic rings. The molecule has 14 nitrogen and oxygen atoms in total. The van der Waals surface area contributed by atoms with Crippen LogP contribution in [0.2, 0.25) is 51.4 Å². The van der Waals surface area contributed by atoms with Crippen LogP contribution in [0, 0.1) is 0 Å². The van der Waals surface area contributed by atoms with Gasteiger partial charge in [0.25, 0.3) is 11.8 Å². The average molecular weight is 960 g/mol. The number of halogens is 4. The molecule has 0 aliphatic carbocycles. The number of alkyl halides is 3. The van der Waals surface area contributed by atoms with Gasteiger partial charge in [-0.2, -0.15) is 18.3 Å². The highest BCUT2D eigenvalue weighted by molar-refractivity contribution is 9.10. The topological polar surface area (TPSA) is 156 Å². The van der Waals surface area contributed by atoms with Gasteiger partial charge in [-0.15, -0.1) is 0 Å². The van der Waals surface area contributed by atoms with Gasteiger partial charge in [0.05, 0.1) is 40.8 Å². The number of amides is 2. The molecule has 0 aliphatic rings. The molecule has 0 aliphatic heterocycles. The maximum Gasteiger partial charge on any atom is 0.416 e. The van der Waals surface area contributed by atoms with Crippen LogP contribution in [-0.4, -0.2) is 91.1 Å². The van der Waals surface area contributed by atoms with Gasteiger partial charge in [0.2, 0.25) is 0 Å². The minimum atomic E-state index is -4.50. The van der Waals surface area contributed by atoms with E-state index in [0.29, 0.717) is 63.4 Å². The molecule has 336 valence electrons. The van der Waals surface area contributed by atoms with Crippen molar-refractivity contribution < 1.29 is 32.2 Å². The van der Waals surface area contributed by atoms with Gasteiger partial charge in [-0.1, -0.05) is 45.3 Å². The number of ether oxygens (including phenoxy) is 2. The van der Waals surface area contributed by atoms with Crippen LogP contribution in [0.15, 0.2) is 53.8 Å². The number of fused-ring (bicyclic) bond motifs is 3. The monoisotopic (exact) mass is 958 g/mol. The first-order chi connectivity index (χ1) is 28.6. The predicted molar refractivity (Wildman–Crippen MR) is 245 cm³/mol. The number of nitrogens with zero attached hydrogens (tertiary/aromatic N) is 8. The summed E-state index contributed by atoms with van der Waals surface area (Å²) in [5.74, 6) is -0.302. The minimum Gasteiger partial charge on any atom is -0.361 e. The Hall–Kier alpha value is -4.51. The van der Waals surface area contributed by atoms with E-state index in [2.05, 4.69) is 90.9 Å². The number of nitrogens with one attached hydrogen (secondary N) is 2. The zero-order chi connectivity index (χ0) is 46.0. The van der Waals surface area contributed by atoms with Crippen LogP contribution in [0.25, 0.3) is 39.0 Å². The SMILES string of the molecule is CC(C)(C)NC(=O)c1cn(COCC[Si](C)(C)C)c2ncc(-n3ncc4ccc(C(F)(F)F)cc43)nc12.CC(C)(C)NC(=O)c1cn(COCC[Si](C)(C)C)c2ncc(Br)nc12. The summed E-state index contributed by atoms with van der Waals surface area (Å²) in [4.78, 5) is 43.7. The van der Waals surface area contributed by atoms with Crippen molar-refractivity contribution in [3.8, 4) is 5.82 Å². The lowest BCUT2D eigenvalue weighted by molar-refractivity contribution is -0.137. The highest BCUT2D eigenvalue weighted by Gasteiger charge is 2.31. The zero-order valence-corrected chi connectivity index (χ0v) is 41.2. The van der Waals surface area contributed by atoms with Crippen molar-refractivity contribution in [1.29, 1.82) is 0 Å². The van der Waals surface area contributed by atoms with Gasteiger partial charge in [-0.05, 0) is 81.7 Å². The molecule has 62 heavy (non-hydrogen) atoms. The van der Waals surface area contributed by atoms with E-state index < -0.39 is 33.4 Å². The molecule has 5 heterocycles. The van der Waals surface area contributed by atoms with Gasteiger partial charge in [0.1, 0.15) is 29.1 Å². The van der Waals surface area contributed by atoms with Crippen molar-refractivity contribution in [3.63, 3.8) is 0 Å². The van der Waals surface area contributed by atoms with Crippen LogP contribution in [0.1, 0.15) is 67.8 Å². The molecule has 6 rings (SSSR count). The fourth-order valence-electron chi connectivity index (χ4n) is 5.98. The Bertz CT molecular complexity index is 2550. The van der Waals surface area contributed by atoms with Gasteiger partial charge >= 0.3 is 6.18 Å². The maximum atomic E-state index is 13.3. The number of carbonyl (C=O) groups is 2. The summed E-state index contributed by atoms with van der Waals surface area (Å²) in [7, 11) is -2.40. The number of hydrogen-bond donors (Lipinski definition) is 2. The number of aromatic nitrogens is 8. The Morgan fingerprint density at radius 2 is 1.21 bits per heavy atom. The first kappa shape index (κ1) is 48.5. The Kier molecular flexibility index (Phi) is 14.6. The molecular formula is C42H58BrF3N10O4Si2. The lowest BCUT2D eigenvalue weighted by Gasteiger charge is -2.20. The van der Waals surface area contributed by atoms with Crippen molar-refractivity contribution in [2.45, 2.75) is 124 Å². The molecule has 0 saturated heterocycles. The van der Waals surface area contributed by atoms with Crippen LogP contribution in [-0.2, 0) is 29.1 Å². The molecule has 0 atom stereocenters. The quantitative estimate of drug-likeness (QED) is 0.0850. The fourth-order valence-corrected chi connectivity index (χ4v) is 7.77. The summed E-state index contributed by atoms with van der Waals surface area (Å²) in [5.41, 5.74) is 1.40. The van der Waals surface area contributed by atoms with Crippen LogP contribution in [0.5, 0.6) is 0 Å². The Morgan fingerprint density at radius 3 is 1.68 bits per heavy atom. The largest absolute Gasteiger partial charge is 0.416 e. The van der Waals surface area contributed by atoms with E-state index in [1.807, 2.05) is 46.1 Å². The molecule has 0 bridgehead atoms. The van der Waals surface area contributed by atoms with Gasteiger partial charge in [0.15, 0.2) is 17.1 Å². The molecule has 20 heteroatoms. The molecule has 1 aromatic carbocycles. The molecule has 0 radical (unpaired) electrons. The summed E-state index contributed by atoms with van der Waals surface area (Å²) in [6, 6.07) is 5.50. The molecule has 0 spiro atoms. The zero-order valence-electron chi connectivity index (χ0n) is 37.6. The standard InChI is InChI=1S/C25H31F3N6O2Si.C17H27BrN4O2Si/c1-24(2,3)32-23(35)18-14-33(15-36-9-10-37(4,5)6)22-21(18)31-20(13-29-22)34-19-11-17(25(26,27)28)8-7-16(19)12-30-34;1-17(2,3)21-16(23)12-10-22(11-24-7-8-25(4,5)6)15-14(12)20-13(18)9-19-15/h7-8,11-14H,9-10,15H2,1-6H3,(H,32,35);9-10H,7-8,11H2,1-6H3,(H,21,23). The van der Waals surface area contributed by atoms with Crippen molar-refractivity contribution in [2.24, 2.45) is 0 Å². The van der Waals surface area contributed by atoms with Gasteiger partial charge < -0.3 is 29.2 Å². The molecule has 0 unspecified atom stereocenters. The number of rotatable bonds is 13. The lowest BCUT2D eigenvalue weighted by atomic mass is 10.1. The second-order valence-electron chi connectivity index (χ2n) is 19.7. The number of hydrogen-bond acceptors (Lipinski definition) is 9. The van der Waals surface area contributed by atoms with Crippen molar-refractivity contribution in [1.82, 2.24) is 49.5 Å². The van der Waals surface area contributed by atoms with E-state index in [0.717, 1.165) is 24.2 Å². The van der Waals surface area contributed by atoms with E-state index in [1.54, 1.807) is 23.2 Å². The maximum absolute atomic E-state index is 13.3. The Balaban J connectivity index is 0.000000253. The molecule has 2 amide bonds. The molecule has 0 fully saturated rings. The molecule has 0 saturated carbocycles. The van der Waals surface area contributed by atoms with Gasteiger partial charge in [-0.3, -0.25) is 9.59 Å². The highest BCUT2D eigenvalue weighted by atomic mass is 79.9. The predicted octanol–water partition coefficient (Wildman–Crippen LogP) is 9.66. The Labute approximate surface area is 370 Å². The molecule has 5 aromatic heterocycles. The van der Waals surface area contributed by atoms with E-state index in [9.17, 15) is 22.8 Å². The fraction of sp³-hybridized carbons (Fsp3) is 0.500. The summed E-state index contributed by atoms with van der Waals surface area (Å²) in [5, 5.41) is 10.7. The van der Waals surface area contributed by atoms with Crippen LogP contribution >= 0.6 is 15.9 Å². The second kappa shape index (κ2) is 18.7. The molecular weight excluding hydrogens is 902 g/mol. The van der Waals surface area contributed by atoms with Crippen LogP contribution in [0.3, 0.4) is 0 Å². The third-order valence-corrected chi connectivity index (χ3v) is 12.9. The van der Waals surface area contributed by atoms with Crippen molar-refractivity contribution in [3.05, 3.63) is 70.5 Å². The van der Waals surface area contributed by atoms with E-state index >= 15 is 0 Å². The van der Waals surface area contributed by atoms with Crippen molar-refractivity contribution in [2.75, 3.05) is 13.2 Å². The third kappa shape index (κ3) is 13.3. The van der Waals surface area contributed by atoms with Crippen LogP contribution in [0.4, 0.5) is 13.2 Å². The first-order valence-electron chi connectivity index (χ1n) is 20.3. The van der Waals surface area contributed by atoms with Crippen LogP contribution < -0.4 is 10.6 Å². The van der Waals surface area contributed by atoms with Crippen molar-refractivity contribution >= 4 is 77.1 Å².